The predicted molar refractivity (Wildman–Crippen MR) is 75.2 cm³/mol. The number of ether oxygens (including phenoxy) is 3. The van der Waals surface area contributed by atoms with Crippen molar-refractivity contribution >= 4 is 11.6 Å². The zero-order valence-corrected chi connectivity index (χ0v) is 12.4. The molecule has 0 saturated carbocycles. The van der Waals surface area contributed by atoms with Gasteiger partial charge in [-0.15, -0.1) is 0 Å². The molecule has 0 N–H and O–H groups in total. The second kappa shape index (κ2) is 6.88. The topological polar surface area (TPSA) is 61.8 Å². The average molecular weight is 292 g/mol. The number of allylic oxidation sites excluding steroid dienone is 1. The van der Waals surface area contributed by atoms with E-state index in [-0.39, 0.29) is 30.9 Å². The Hall–Kier alpha value is -1.64. The highest BCUT2D eigenvalue weighted by molar-refractivity contribution is 6.05. The maximum Gasteiger partial charge on any atom is 0.210 e. The fourth-order valence-corrected chi connectivity index (χ4v) is 2.36. The van der Waals surface area contributed by atoms with E-state index in [9.17, 15) is 9.59 Å². The molecule has 0 aromatic carbocycles. The van der Waals surface area contributed by atoms with E-state index >= 15 is 0 Å². The Labute approximate surface area is 124 Å². The van der Waals surface area contributed by atoms with Gasteiger partial charge in [0, 0.05) is 12.7 Å². The molecule has 2 aliphatic heterocycles. The van der Waals surface area contributed by atoms with E-state index in [4.69, 9.17) is 14.2 Å². The minimum absolute atomic E-state index is 0.0490. The van der Waals surface area contributed by atoms with E-state index in [1.807, 2.05) is 0 Å². The van der Waals surface area contributed by atoms with Crippen LogP contribution in [0.3, 0.4) is 0 Å². The summed E-state index contributed by atoms with van der Waals surface area (Å²) in [6.45, 7) is 4.16. The SMILES string of the molecule is CC1=CC(=O)C(C)(CC(=O)C#CCOC2CCCCO2)O1. The summed E-state index contributed by atoms with van der Waals surface area (Å²) in [5, 5.41) is 0. The molecule has 1 fully saturated rings. The van der Waals surface area contributed by atoms with Gasteiger partial charge in [0.15, 0.2) is 11.9 Å². The van der Waals surface area contributed by atoms with E-state index in [2.05, 4.69) is 11.8 Å². The third kappa shape index (κ3) is 4.42. The molecule has 0 radical (unpaired) electrons. The van der Waals surface area contributed by atoms with Crippen LogP contribution in [0.1, 0.15) is 39.5 Å². The number of Topliss-reactive ketones (excluding diaryl/α,β-unsaturated/α-hetero) is 1. The summed E-state index contributed by atoms with van der Waals surface area (Å²) >= 11 is 0. The van der Waals surface area contributed by atoms with Gasteiger partial charge in [-0.25, -0.2) is 0 Å². The Morgan fingerprint density at radius 3 is 2.95 bits per heavy atom. The largest absolute Gasteiger partial charge is 0.483 e. The molecule has 114 valence electrons. The first-order chi connectivity index (χ1) is 9.99. The van der Waals surface area contributed by atoms with Gasteiger partial charge in [-0.3, -0.25) is 9.59 Å². The van der Waals surface area contributed by atoms with Gasteiger partial charge in [-0.1, -0.05) is 5.92 Å². The van der Waals surface area contributed by atoms with Crippen LogP contribution in [0, 0.1) is 11.8 Å². The molecule has 1 saturated heterocycles. The van der Waals surface area contributed by atoms with Crippen molar-refractivity contribution in [2.24, 2.45) is 0 Å². The minimum Gasteiger partial charge on any atom is -0.483 e. The molecule has 2 atom stereocenters. The molecule has 0 spiro atoms. The number of hydrogen-bond acceptors (Lipinski definition) is 5. The van der Waals surface area contributed by atoms with Gasteiger partial charge >= 0.3 is 0 Å². The Kier molecular flexibility index (Phi) is 5.16. The maximum absolute atomic E-state index is 11.8. The number of carbonyl (C=O) groups excluding carboxylic acids is 2. The van der Waals surface area contributed by atoms with Gasteiger partial charge < -0.3 is 14.2 Å². The minimum atomic E-state index is -1.11. The zero-order valence-electron chi connectivity index (χ0n) is 12.4. The van der Waals surface area contributed by atoms with E-state index in [0.29, 0.717) is 12.4 Å². The van der Waals surface area contributed by atoms with Crippen LogP contribution < -0.4 is 0 Å². The molecule has 0 bridgehead atoms. The first-order valence-electron chi connectivity index (χ1n) is 7.16. The smallest absolute Gasteiger partial charge is 0.210 e. The van der Waals surface area contributed by atoms with Crippen molar-refractivity contribution < 1.29 is 23.8 Å². The molecule has 0 amide bonds. The lowest BCUT2D eigenvalue weighted by Crippen LogP contribution is -2.35. The molecule has 0 aromatic heterocycles. The maximum atomic E-state index is 11.8. The highest BCUT2D eigenvalue weighted by Gasteiger charge is 2.40. The Morgan fingerprint density at radius 1 is 1.52 bits per heavy atom. The summed E-state index contributed by atoms with van der Waals surface area (Å²) in [5.74, 6) is 5.15. The van der Waals surface area contributed by atoms with Crippen molar-refractivity contribution in [2.45, 2.75) is 51.4 Å². The summed E-state index contributed by atoms with van der Waals surface area (Å²) in [5.41, 5.74) is -1.11. The predicted octanol–water partition coefficient (Wildman–Crippen LogP) is 1.75. The van der Waals surface area contributed by atoms with E-state index < -0.39 is 5.60 Å². The summed E-state index contributed by atoms with van der Waals surface area (Å²) in [6, 6.07) is 0. The first kappa shape index (κ1) is 15.7. The van der Waals surface area contributed by atoms with E-state index in [1.54, 1.807) is 13.8 Å². The van der Waals surface area contributed by atoms with Gasteiger partial charge in [0.1, 0.15) is 6.61 Å². The molecule has 5 nitrogen and oxygen atoms in total. The molecule has 2 heterocycles. The molecule has 2 unspecified atom stereocenters. The third-order valence-electron chi connectivity index (χ3n) is 3.45. The van der Waals surface area contributed by atoms with Crippen LogP contribution in [0.15, 0.2) is 11.8 Å². The lowest BCUT2D eigenvalue weighted by molar-refractivity contribution is -0.154. The fourth-order valence-electron chi connectivity index (χ4n) is 2.36. The van der Waals surface area contributed by atoms with Gasteiger partial charge in [0.2, 0.25) is 11.6 Å². The molecule has 0 aromatic rings. The lowest BCUT2D eigenvalue weighted by Gasteiger charge is -2.21. The first-order valence-corrected chi connectivity index (χ1v) is 7.16. The van der Waals surface area contributed by atoms with Crippen LogP contribution >= 0.6 is 0 Å². The number of carbonyl (C=O) groups is 2. The molecule has 0 aliphatic carbocycles. The standard InChI is InChI=1S/C16H20O5/c1-12-10-14(18)16(2,21-12)11-13(17)6-5-9-20-15-7-3-4-8-19-15/h10,15H,3-4,7-9,11H2,1-2H3. The van der Waals surface area contributed by atoms with Gasteiger partial charge in [0.25, 0.3) is 0 Å². The molecule has 21 heavy (non-hydrogen) atoms. The monoisotopic (exact) mass is 292 g/mol. The van der Waals surface area contributed by atoms with Crippen LogP contribution in [0.25, 0.3) is 0 Å². The quantitative estimate of drug-likeness (QED) is 0.583. The third-order valence-corrected chi connectivity index (χ3v) is 3.45. The van der Waals surface area contributed by atoms with Gasteiger partial charge in [-0.2, -0.15) is 0 Å². The summed E-state index contributed by atoms with van der Waals surface area (Å²) < 4.78 is 16.2. The molecule has 2 aliphatic rings. The fraction of sp³-hybridized carbons (Fsp3) is 0.625. The second-order valence-corrected chi connectivity index (χ2v) is 5.46. The Bertz CT molecular complexity index is 504. The van der Waals surface area contributed by atoms with Crippen molar-refractivity contribution in [3.05, 3.63) is 11.8 Å². The number of ketones is 2. The molecular formula is C16H20O5. The summed E-state index contributed by atoms with van der Waals surface area (Å²) in [7, 11) is 0. The van der Waals surface area contributed by atoms with Crippen LogP contribution in [0.2, 0.25) is 0 Å². The average Bonchev–Trinajstić information content (AvgIpc) is 2.68. The van der Waals surface area contributed by atoms with Gasteiger partial charge in [-0.05, 0) is 39.0 Å². The van der Waals surface area contributed by atoms with E-state index in [1.165, 1.54) is 6.08 Å². The van der Waals surface area contributed by atoms with E-state index in [0.717, 1.165) is 19.3 Å². The van der Waals surface area contributed by atoms with Crippen molar-refractivity contribution in [1.82, 2.24) is 0 Å². The molecule has 2 rings (SSSR count). The summed E-state index contributed by atoms with van der Waals surface area (Å²) in [6.07, 6.45) is 4.15. The molecular weight excluding hydrogens is 272 g/mol. The Morgan fingerprint density at radius 2 is 2.33 bits per heavy atom. The summed E-state index contributed by atoms with van der Waals surface area (Å²) in [4.78, 5) is 23.5. The van der Waals surface area contributed by atoms with Crippen molar-refractivity contribution in [1.29, 1.82) is 0 Å². The van der Waals surface area contributed by atoms with Gasteiger partial charge in [0.05, 0.1) is 12.2 Å². The lowest BCUT2D eigenvalue weighted by atomic mass is 9.95. The van der Waals surface area contributed by atoms with Crippen molar-refractivity contribution in [3.63, 3.8) is 0 Å². The highest BCUT2D eigenvalue weighted by Crippen LogP contribution is 2.27. The van der Waals surface area contributed by atoms with Crippen LogP contribution in [-0.2, 0) is 23.8 Å². The molecule has 5 heteroatoms. The van der Waals surface area contributed by atoms with Crippen molar-refractivity contribution in [2.75, 3.05) is 13.2 Å². The second-order valence-electron chi connectivity index (χ2n) is 5.46. The number of rotatable bonds is 4. The van der Waals surface area contributed by atoms with Crippen LogP contribution in [-0.4, -0.2) is 36.7 Å². The normalized spacial score (nSPS) is 28.4. The van der Waals surface area contributed by atoms with Crippen molar-refractivity contribution in [3.8, 4) is 11.8 Å². The highest BCUT2D eigenvalue weighted by atomic mass is 16.7. The van der Waals surface area contributed by atoms with Crippen LogP contribution in [0.5, 0.6) is 0 Å². The Balaban J connectivity index is 1.75. The number of hydrogen-bond donors (Lipinski definition) is 0. The van der Waals surface area contributed by atoms with Crippen LogP contribution in [0.4, 0.5) is 0 Å². The zero-order chi connectivity index (χ0) is 15.3.